The lowest BCUT2D eigenvalue weighted by molar-refractivity contribution is 0.0254. The van der Waals surface area contributed by atoms with Gasteiger partial charge in [0, 0.05) is 43.4 Å². The zero-order chi connectivity index (χ0) is 18.5. The van der Waals surface area contributed by atoms with E-state index in [0.717, 1.165) is 57.1 Å². The van der Waals surface area contributed by atoms with Gasteiger partial charge in [0.2, 0.25) is 0 Å². The first kappa shape index (κ1) is 18.0. The van der Waals surface area contributed by atoms with Gasteiger partial charge in [-0.3, -0.25) is 4.90 Å². The third-order valence-corrected chi connectivity index (χ3v) is 5.50. The lowest BCUT2D eigenvalue weighted by atomic mass is 9.96. The summed E-state index contributed by atoms with van der Waals surface area (Å²) >= 11 is 0. The van der Waals surface area contributed by atoms with Crippen LogP contribution in [0.2, 0.25) is 0 Å². The molecule has 2 N–H and O–H groups in total. The second-order valence-corrected chi connectivity index (χ2v) is 7.47. The number of nitrogens with one attached hydrogen (secondary N) is 2. The fourth-order valence-corrected chi connectivity index (χ4v) is 4.09. The summed E-state index contributed by atoms with van der Waals surface area (Å²) in [6, 6.07) is 7.64. The maximum Gasteiger partial charge on any atom is 0.319 e. The molecule has 0 bridgehead atoms. The van der Waals surface area contributed by atoms with Crippen molar-refractivity contribution in [2.24, 2.45) is 0 Å². The Morgan fingerprint density at radius 2 is 1.89 bits per heavy atom. The molecule has 0 unspecified atom stereocenters. The summed E-state index contributed by atoms with van der Waals surface area (Å²) < 4.78 is 7.38. The van der Waals surface area contributed by atoms with Gasteiger partial charge in [-0.1, -0.05) is 12.8 Å². The van der Waals surface area contributed by atoms with E-state index in [1.54, 1.807) is 12.5 Å². The topological polar surface area (TPSA) is 71.4 Å². The second kappa shape index (κ2) is 8.10. The molecule has 2 amide bonds. The number of ether oxygens (including phenoxy) is 1. The van der Waals surface area contributed by atoms with Crippen LogP contribution in [0.3, 0.4) is 0 Å². The van der Waals surface area contributed by atoms with E-state index in [1.165, 1.54) is 12.8 Å². The standard InChI is InChI=1S/C20H27N5O2/c26-19(22-17-3-5-18(6-4-17)25-10-9-21-16-25)23-20(7-1-2-8-20)15-24-11-13-27-14-12-24/h3-6,9-10,16H,1-2,7-8,11-15H2,(H2,22,23,26). The normalized spacial score (nSPS) is 19.7. The Labute approximate surface area is 159 Å². The van der Waals surface area contributed by atoms with E-state index >= 15 is 0 Å². The Morgan fingerprint density at radius 1 is 1.15 bits per heavy atom. The molecular weight excluding hydrogens is 342 g/mol. The van der Waals surface area contributed by atoms with Gasteiger partial charge in [-0.15, -0.1) is 0 Å². The molecule has 2 aliphatic rings. The van der Waals surface area contributed by atoms with E-state index in [2.05, 4.69) is 20.5 Å². The summed E-state index contributed by atoms with van der Waals surface area (Å²) in [6.07, 6.45) is 9.81. The number of morpholine rings is 1. The third kappa shape index (κ3) is 4.48. The molecule has 7 heteroatoms. The highest BCUT2D eigenvalue weighted by Crippen LogP contribution is 2.31. The number of amides is 2. The summed E-state index contributed by atoms with van der Waals surface area (Å²) in [5.41, 5.74) is 1.67. The Hall–Kier alpha value is -2.38. The van der Waals surface area contributed by atoms with E-state index in [-0.39, 0.29) is 11.6 Å². The molecule has 1 aromatic heterocycles. The van der Waals surface area contributed by atoms with E-state index in [9.17, 15) is 4.79 Å². The van der Waals surface area contributed by atoms with Crippen molar-refractivity contribution in [3.05, 3.63) is 43.0 Å². The summed E-state index contributed by atoms with van der Waals surface area (Å²) in [5, 5.41) is 6.27. The third-order valence-electron chi connectivity index (χ3n) is 5.50. The van der Waals surface area contributed by atoms with Gasteiger partial charge in [-0.05, 0) is 37.1 Å². The highest BCUT2D eigenvalue weighted by molar-refractivity contribution is 5.89. The summed E-state index contributed by atoms with van der Waals surface area (Å²) in [4.78, 5) is 19.1. The van der Waals surface area contributed by atoms with Gasteiger partial charge >= 0.3 is 6.03 Å². The number of urea groups is 1. The number of hydrogen-bond acceptors (Lipinski definition) is 4. The molecule has 1 saturated heterocycles. The predicted molar refractivity (Wildman–Crippen MR) is 104 cm³/mol. The van der Waals surface area contributed by atoms with Crippen molar-refractivity contribution in [1.29, 1.82) is 0 Å². The van der Waals surface area contributed by atoms with Crippen LogP contribution in [-0.4, -0.2) is 58.9 Å². The number of benzene rings is 1. The van der Waals surface area contributed by atoms with Crippen molar-refractivity contribution in [1.82, 2.24) is 19.8 Å². The summed E-state index contributed by atoms with van der Waals surface area (Å²) in [7, 11) is 0. The van der Waals surface area contributed by atoms with Gasteiger partial charge in [-0.25, -0.2) is 9.78 Å². The number of imidazole rings is 1. The van der Waals surface area contributed by atoms with Crippen molar-refractivity contribution >= 4 is 11.7 Å². The average Bonchev–Trinajstić information content (AvgIpc) is 3.36. The molecule has 1 aliphatic heterocycles. The highest BCUT2D eigenvalue weighted by Gasteiger charge is 2.37. The fraction of sp³-hybridized carbons (Fsp3) is 0.500. The lowest BCUT2D eigenvalue weighted by Gasteiger charge is -2.37. The number of rotatable bonds is 5. The minimum atomic E-state index is -0.127. The quantitative estimate of drug-likeness (QED) is 0.850. The number of nitrogens with zero attached hydrogens (tertiary/aromatic N) is 3. The van der Waals surface area contributed by atoms with Crippen molar-refractivity contribution in [2.75, 3.05) is 38.2 Å². The Morgan fingerprint density at radius 3 is 2.56 bits per heavy atom. The molecule has 7 nitrogen and oxygen atoms in total. The van der Waals surface area contributed by atoms with Crippen LogP contribution in [0.5, 0.6) is 0 Å². The smallest absolute Gasteiger partial charge is 0.319 e. The van der Waals surface area contributed by atoms with Gasteiger partial charge in [0.05, 0.1) is 25.1 Å². The molecule has 144 valence electrons. The average molecular weight is 369 g/mol. The first-order chi connectivity index (χ1) is 13.2. The number of carbonyl (C=O) groups excluding carboxylic acids is 1. The molecule has 0 atom stereocenters. The van der Waals surface area contributed by atoms with Crippen molar-refractivity contribution in [2.45, 2.75) is 31.2 Å². The van der Waals surface area contributed by atoms with E-state index in [4.69, 9.17) is 4.74 Å². The zero-order valence-electron chi connectivity index (χ0n) is 15.6. The summed E-state index contributed by atoms with van der Waals surface area (Å²) in [6.45, 7) is 4.36. The van der Waals surface area contributed by atoms with Crippen molar-refractivity contribution in [3.8, 4) is 5.69 Å². The monoisotopic (exact) mass is 369 g/mol. The van der Waals surface area contributed by atoms with Crippen LogP contribution in [0.25, 0.3) is 5.69 Å². The van der Waals surface area contributed by atoms with Crippen LogP contribution in [-0.2, 0) is 4.74 Å². The van der Waals surface area contributed by atoms with Gasteiger partial charge in [-0.2, -0.15) is 0 Å². The van der Waals surface area contributed by atoms with Crippen molar-refractivity contribution < 1.29 is 9.53 Å². The van der Waals surface area contributed by atoms with E-state index in [0.29, 0.717) is 0 Å². The lowest BCUT2D eigenvalue weighted by Crippen LogP contribution is -2.56. The van der Waals surface area contributed by atoms with Gasteiger partial charge in [0.25, 0.3) is 0 Å². The molecule has 2 heterocycles. The van der Waals surface area contributed by atoms with Gasteiger partial charge in [0.1, 0.15) is 0 Å². The SMILES string of the molecule is O=C(Nc1ccc(-n2ccnc2)cc1)NC1(CN2CCOCC2)CCCC1. The molecule has 27 heavy (non-hydrogen) atoms. The van der Waals surface area contributed by atoms with Gasteiger partial charge < -0.3 is 19.9 Å². The minimum absolute atomic E-state index is 0.124. The van der Waals surface area contributed by atoms with Crippen LogP contribution in [0.1, 0.15) is 25.7 Å². The highest BCUT2D eigenvalue weighted by atomic mass is 16.5. The molecule has 2 aromatic rings. The molecule has 1 aromatic carbocycles. The fourth-order valence-electron chi connectivity index (χ4n) is 4.09. The minimum Gasteiger partial charge on any atom is -0.379 e. The molecular formula is C20H27N5O2. The number of carbonyl (C=O) groups is 1. The molecule has 2 fully saturated rings. The first-order valence-corrected chi connectivity index (χ1v) is 9.70. The zero-order valence-corrected chi connectivity index (χ0v) is 15.6. The number of hydrogen-bond donors (Lipinski definition) is 2. The van der Waals surface area contributed by atoms with Crippen molar-refractivity contribution in [3.63, 3.8) is 0 Å². The number of anilines is 1. The molecule has 0 spiro atoms. The largest absolute Gasteiger partial charge is 0.379 e. The maximum absolute atomic E-state index is 12.6. The van der Waals surface area contributed by atoms with Crippen LogP contribution in [0.15, 0.2) is 43.0 Å². The Balaban J connectivity index is 1.36. The molecule has 4 rings (SSSR count). The van der Waals surface area contributed by atoms with Crippen LogP contribution >= 0.6 is 0 Å². The van der Waals surface area contributed by atoms with E-state index < -0.39 is 0 Å². The first-order valence-electron chi connectivity index (χ1n) is 9.70. The predicted octanol–water partition coefficient (Wildman–Crippen LogP) is 2.64. The maximum atomic E-state index is 12.6. The Kier molecular flexibility index (Phi) is 5.40. The van der Waals surface area contributed by atoms with Crippen LogP contribution < -0.4 is 10.6 Å². The molecule has 0 radical (unpaired) electrons. The van der Waals surface area contributed by atoms with E-state index in [1.807, 2.05) is 35.0 Å². The van der Waals surface area contributed by atoms with Gasteiger partial charge in [0.15, 0.2) is 0 Å². The molecule has 1 aliphatic carbocycles. The Bertz CT molecular complexity index is 732. The van der Waals surface area contributed by atoms with Crippen LogP contribution in [0.4, 0.5) is 10.5 Å². The number of aromatic nitrogens is 2. The second-order valence-electron chi connectivity index (χ2n) is 7.47. The molecule has 1 saturated carbocycles. The van der Waals surface area contributed by atoms with Crippen LogP contribution in [0, 0.1) is 0 Å². The summed E-state index contributed by atoms with van der Waals surface area (Å²) in [5.74, 6) is 0.